The van der Waals surface area contributed by atoms with E-state index in [1.165, 1.54) is 27.8 Å². The van der Waals surface area contributed by atoms with E-state index in [0.717, 1.165) is 67.4 Å². The molecule has 0 radical (unpaired) electrons. The standard InChI is InChI=1S/C53H34N2O/c1-3-16-35(17-4-1)36-30-32-38(33-31-36)49-34-48(37-18-5-2-6-19-37)54-52(55-49)43-23-8-7-20-39(43)42-24-15-28-47-51(42)56-50-29-14-13-27-46(50)53(47)44-25-11-9-21-40(44)41-22-10-12-26-45(41)53/h1-34H. The minimum absolute atomic E-state index is 0.550. The lowest BCUT2D eigenvalue weighted by atomic mass is 9.65. The van der Waals surface area contributed by atoms with E-state index in [-0.39, 0.29) is 0 Å². The summed E-state index contributed by atoms with van der Waals surface area (Å²) in [6, 6.07) is 72.9. The van der Waals surface area contributed by atoms with Gasteiger partial charge in [0.2, 0.25) is 0 Å². The third kappa shape index (κ3) is 4.91. The first-order chi connectivity index (χ1) is 27.8. The van der Waals surface area contributed by atoms with Crippen LogP contribution in [-0.4, -0.2) is 9.97 Å². The van der Waals surface area contributed by atoms with Crippen molar-refractivity contribution in [1.82, 2.24) is 9.97 Å². The lowest BCUT2D eigenvalue weighted by Crippen LogP contribution is -2.32. The lowest BCUT2D eigenvalue weighted by molar-refractivity contribution is 0.438. The van der Waals surface area contributed by atoms with Crippen molar-refractivity contribution in [3.05, 3.63) is 229 Å². The Balaban J connectivity index is 1.12. The molecule has 3 heteroatoms. The van der Waals surface area contributed by atoms with Gasteiger partial charge in [0.1, 0.15) is 11.5 Å². The van der Waals surface area contributed by atoms with Crippen LogP contribution < -0.4 is 4.74 Å². The van der Waals surface area contributed by atoms with Gasteiger partial charge in [-0.1, -0.05) is 194 Å². The molecule has 0 fully saturated rings. The lowest BCUT2D eigenvalue weighted by Gasteiger charge is -2.40. The molecule has 2 aliphatic rings. The Morgan fingerprint density at radius 3 is 1.43 bits per heavy atom. The van der Waals surface area contributed by atoms with Crippen LogP contribution in [0, 0.1) is 0 Å². The molecule has 0 N–H and O–H groups in total. The smallest absolute Gasteiger partial charge is 0.161 e. The molecule has 3 nitrogen and oxygen atoms in total. The van der Waals surface area contributed by atoms with Crippen LogP contribution in [0.4, 0.5) is 0 Å². The van der Waals surface area contributed by atoms with Crippen molar-refractivity contribution in [2.45, 2.75) is 5.41 Å². The van der Waals surface area contributed by atoms with Gasteiger partial charge in [-0.15, -0.1) is 0 Å². The zero-order valence-electron chi connectivity index (χ0n) is 30.4. The summed E-state index contributed by atoms with van der Waals surface area (Å²) < 4.78 is 7.06. The summed E-state index contributed by atoms with van der Waals surface area (Å²) in [6.45, 7) is 0. The highest BCUT2D eigenvalue weighted by molar-refractivity contribution is 5.92. The maximum atomic E-state index is 7.06. The number of hydrogen-bond acceptors (Lipinski definition) is 3. The van der Waals surface area contributed by atoms with Gasteiger partial charge in [-0.25, -0.2) is 9.97 Å². The van der Waals surface area contributed by atoms with Crippen LogP contribution in [0.3, 0.4) is 0 Å². The van der Waals surface area contributed by atoms with Gasteiger partial charge in [0, 0.05) is 33.4 Å². The SMILES string of the molecule is c1ccc(-c2ccc(-c3cc(-c4ccccc4)nc(-c4ccccc4-c4cccc5c4Oc4ccccc4C54c5ccccc5-c5ccccc54)n3)cc2)cc1. The summed E-state index contributed by atoms with van der Waals surface area (Å²) in [5.41, 5.74) is 15.9. The maximum Gasteiger partial charge on any atom is 0.161 e. The molecule has 0 bridgehead atoms. The van der Waals surface area contributed by atoms with Gasteiger partial charge < -0.3 is 4.74 Å². The van der Waals surface area contributed by atoms with E-state index in [2.05, 4.69) is 194 Å². The molecule has 1 spiro atoms. The average molecular weight is 715 g/mol. The molecule has 56 heavy (non-hydrogen) atoms. The predicted octanol–water partition coefficient (Wildman–Crippen LogP) is 13.3. The van der Waals surface area contributed by atoms with Crippen LogP contribution in [0.5, 0.6) is 11.5 Å². The Kier molecular flexibility index (Phi) is 7.39. The van der Waals surface area contributed by atoms with Gasteiger partial charge in [-0.05, 0) is 51.1 Å². The van der Waals surface area contributed by atoms with Gasteiger partial charge in [-0.2, -0.15) is 0 Å². The molecule has 8 aromatic carbocycles. The summed E-state index contributed by atoms with van der Waals surface area (Å²) in [4.78, 5) is 10.6. The number of hydrogen-bond donors (Lipinski definition) is 0. The van der Waals surface area contributed by atoms with Gasteiger partial charge in [0.05, 0.1) is 16.8 Å². The third-order valence-electron chi connectivity index (χ3n) is 11.4. The van der Waals surface area contributed by atoms with E-state index >= 15 is 0 Å². The second kappa shape index (κ2) is 12.9. The minimum Gasteiger partial charge on any atom is -0.456 e. The van der Waals surface area contributed by atoms with Crippen LogP contribution in [0.1, 0.15) is 22.3 Å². The van der Waals surface area contributed by atoms with Crippen molar-refractivity contribution in [3.63, 3.8) is 0 Å². The average Bonchev–Trinajstić information content (AvgIpc) is 3.57. The van der Waals surface area contributed by atoms with Crippen molar-refractivity contribution in [2.75, 3.05) is 0 Å². The molecule has 0 amide bonds. The van der Waals surface area contributed by atoms with Gasteiger partial charge in [-0.3, -0.25) is 0 Å². The Bertz CT molecular complexity index is 2890. The highest BCUT2D eigenvalue weighted by Crippen LogP contribution is 2.63. The topological polar surface area (TPSA) is 35.0 Å². The summed E-state index contributed by atoms with van der Waals surface area (Å²) in [6.07, 6.45) is 0. The van der Waals surface area contributed by atoms with Crippen molar-refractivity contribution < 1.29 is 4.74 Å². The normalized spacial score (nSPS) is 12.9. The molecule has 1 aliphatic carbocycles. The van der Waals surface area contributed by atoms with Crippen LogP contribution in [0.25, 0.3) is 67.3 Å². The molecular formula is C53H34N2O. The highest BCUT2D eigenvalue weighted by Gasteiger charge is 2.51. The fourth-order valence-corrected chi connectivity index (χ4v) is 8.94. The molecule has 1 aromatic heterocycles. The number of aromatic nitrogens is 2. The number of rotatable bonds is 5. The quantitative estimate of drug-likeness (QED) is 0.178. The monoisotopic (exact) mass is 714 g/mol. The van der Waals surface area contributed by atoms with Gasteiger partial charge >= 0.3 is 0 Å². The van der Waals surface area contributed by atoms with Crippen molar-refractivity contribution in [1.29, 1.82) is 0 Å². The summed E-state index contributed by atoms with van der Waals surface area (Å²) >= 11 is 0. The molecule has 9 aromatic rings. The van der Waals surface area contributed by atoms with E-state index in [1.807, 2.05) is 12.1 Å². The van der Waals surface area contributed by atoms with Crippen molar-refractivity contribution in [3.8, 4) is 78.8 Å². The number of ether oxygens (including phenoxy) is 1. The molecule has 0 saturated carbocycles. The van der Waals surface area contributed by atoms with E-state index < -0.39 is 5.41 Å². The molecule has 0 saturated heterocycles. The predicted molar refractivity (Wildman–Crippen MR) is 227 cm³/mol. The minimum atomic E-state index is -0.550. The maximum absolute atomic E-state index is 7.06. The first-order valence-corrected chi connectivity index (χ1v) is 19.1. The Labute approximate surface area is 326 Å². The van der Waals surface area contributed by atoms with Crippen LogP contribution >= 0.6 is 0 Å². The molecule has 11 rings (SSSR count). The van der Waals surface area contributed by atoms with E-state index in [0.29, 0.717) is 5.82 Å². The first kappa shape index (κ1) is 32.1. The number of fused-ring (bicyclic) bond motifs is 9. The van der Waals surface area contributed by atoms with Gasteiger partial charge in [0.15, 0.2) is 5.82 Å². The van der Waals surface area contributed by atoms with E-state index in [1.54, 1.807) is 0 Å². The Morgan fingerprint density at radius 2 is 0.768 bits per heavy atom. The molecular weight excluding hydrogens is 681 g/mol. The van der Waals surface area contributed by atoms with Crippen LogP contribution in [-0.2, 0) is 5.41 Å². The summed E-state index contributed by atoms with van der Waals surface area (Å²) in [5.74, 6) is 2.37. The van der Waals surface area contributed by atoms with Crippen molar-refractivity contribution in [2.24, 2.45) is 0 Å². The zero-order chi connectivity index (χ0) is 37.1. The Morgan fingerprint density at radius 1 is 0.321 bits per heavy atom. The molecule has 1 aliphatic heterocycles. The Hall–Kier alpha value is -7.36. The second-order valence-corrected chi connectivity index (χ2v) is 14.4. The first-order valence-electron chi connectivity index (χ1n) is 19.1. The number of benzene rings is 8. The molecule has 2 heterocycles. The fraction of sp³-hybridized carbons (Fsp3) is 0.0189. The summed E-state index contributed by atoms with van der Waals surface area (Å²) in [5, 5.41) is 0. The second-order valence-electron chi connectivity index (χ2n) is 14.4. The van der Waals surface area contributed by atoms with Crippen LogP contribution in [0.15, 0.2) is 206 Å². The third-order valence-corrected chi connectivity index (χ3v) is 11.4. The van der Waals surface area contributed by atoms with Gasteiger partial charge in [0.25, 0.3) is 0 Å². The van der Waals surface area contributed by atoms with E-state index in [9.17, 15) is 0 Å². The molecule has 0 atom stereocenters. The summed E-state index contributed by atoms with van der Waals surface area (Å²) in [7, 11) is 0. The van der Waals surface area contributed by atoms with Crippen LogP contribution in [0.2, 0.25) is 0 Å². The van der Waals surface area contributed by atoms with Crippen molar-refractivity contribution >= 4 is 0 Å². The van der Waals surface area contributed by atoms with E-state index in [4.69, 9.17) is 14.7 Å². The number of para-hydroxylation sites is 2. The fourth-order valence-electron chi connectivity index (χ4n) is 8.94. The molecule has 262 valence electrons. The molecule has 0 unspecified atom stereocenters. The highest BCUT2D eigenvalue weighted by atomic mass is 16.5. The number of nitrogens with zero attached hydrogens (tertiary/aromatic N) is 2. The zero-order valence-corrected chi connectivity index (χ0v) is 30.4. The largest absolute Gasteiger partial charge is 0.456 e.